The Kier molecular flexibility index (Phi) is 5.18. The van der Waals surface area contributed by atoms with E-state index in [4.69, 9.17) is 9.47 Å². The first kappa shape index (κ1) is 17.6. The summed E-state index contributed by atoms with van der Waals surface area (Å²) in [5, 5.41) is 0. The second-order valence-electron chi connectivity index (χ2n) is 6.17. The van der Waals surface area contributed by atoms with E-state index in [9.17, 15) is 8.42 Å². The summed E-state index contributed by atoms with van der Waals surface area (Å²) in [4.78, 5) is 0.224. The quantitative estimate of drug-likeness (QED) is 0.784. The van der Waals surface area contributed by atoms with Crippen molar-refractivity contribution in [1.82, 2.24) is 0 Å². The molecule has 0 heterocycles. The summed E-state index contributed by atoms with van der Waals surface area (Å²) in [6, 6.07) is 13.6. The zero-order valence-corrected chi connectivity index (χ0v) is 15.3. The molecule has 0 aromatic heterocycles. The normalized spacial score (nSPS) is 15.1. The first-order chi connectivity index (χ1) is 12.0. The number of anilines is 1. The molecule has 0 radical (unpaired) electrons. The SMILES string of the molecule is COc1ccc(S(=O)(=O)N(C)c2ccc(OC3CCCC3)cc2)cc1. The van der Waals surface area contributed by atoms with E-state index in [1.165, 1.54) is 17.1 Å². The van der Waals surface area contributed by atoms with Gasteiger partial charge in [-0.3, -0.25) is 4.31 Å². The summed E-state index contributed by atoms with van der Waals surface area (Å²) < 4.78 is 37.8. The number of benzene rings is 2. The van der Waals surface area contributed by atoms with Crippen molar-refractivity contribution in [3.8, 4) is 11.5 Å². The summed E-state index contributed by atoms with van der Waals surface area (Å²) in [7, 11) is -0.521. The Hall–Kier alpha value is -2.21. The fourth-order valence-electron chi connectivity index (χ4n) is 2.98. The first-order valence-corrected chi connectivity index (χ1v) is 9.84. The molecule has 1 saturated carbocycles. The number of hydrogen-bond acceptors (Lipinski definition) is 4. The van der Waals surface area contributed by atoms with Gasteiger partial charge in [0.05, 0.1) is 23.8 Å². The van der Waals surface area contributed by atoms with Crippen LogP contribution in [0, 0.1) is 0 Å². The largest absolute Gasteiger partial charge is 0.497 e. The molecule has 134 valence electrons. The number of sulfonamides is 1. The molecule has 0 spiro atoms. The summed E-state index contributed by atoms with van der Waals surface area (Å²) in [5.74, 6) is 1.40. The topological polar surface area (TPSA) is 55.8 Å². The average Bonchev–Trinajstić information content (AvgIpc) is 3.15. The van der Waals surface area contributed by atoms with Crippen LogP contribution < -0.4 is 13.8 Å². The predicted octanol–water partition coefficient (Wildman–Crippen LogP) is 3.84. The molecule has 2 aromatic carbocycles. The standard InChI is InChI=1S/C19H23NO4S/c1-20(25(21,22)19-13-11-16(23-2)12-14-19)15-7-9-18(10-8-15)24-17-5-3-4-6-17/h7-14,17H,3-6H2,1-2H3. The van der Waals surface area contributed by atoms with Crippen LogP contribution in [0.4, 0.5) is 5.69 Å². The van der Waals surface area contributed by atoms with Gasteiger partial charge in [0.15, 0.2) is 0 Å². The van der Waals surface area contributed by atoms with Gasteiger partial charge < -0.3 is 9.47 Å². The molecule has 0 aliphatic heterocycles. The molecular formula is C19H23NO4S. The van der Waals surface area contributed by atoms with E-state index in [0.29, 0.717) is 11.4 Å². The van der Waals surface area contributed by atoms with Gasteiger partial charge >= 0.3 is 0 Å². The highest BCUT2D eigenvalue weighted by atomic mass is 32.2. The minimum atomic E-state index is -3.62. The van der Waals surface area contributed by atoms with Gasteiger partial charge in [0, 0.05) is 7.05 Å². The van der Waals surface area contributed by atoms with Crippen LogP contribution in [0.2, 0.25) is 0 Å². The molecule has 5 nitrogen and oxygen atoms in total. The fraction of sp³-hybridized carbons (Fsp3) is 0.368. The Bertz CT molecular complexity index is 794. The molecule has 0 bridgehead atoms. The number of nitrogens with zero attached hydrogens (tertiary/aromatic N) is 1. The highest BCUT2D eigenvalue weighted by Gasteiger charge is 2.22. The maximum absolute atomic E-state index is 12.7. The Labute approximate surface area is 149 Å². The molecule has 0 unspecified atom stereocenters. The number of methoxy groups -OCH3 is 1. The van der Waals surface area contributed by atoms with Crippen molar-refractivity contribution < 1.29 is 17.9 Å². The molecule has 0 amide bonds. The maximum atomic E-state index is 12.7. The van der Waals surface area contributed by atoms with Crippen LogP contribution in [-0.2, 0) is 10.0 Å². The molecule has 1 aliphatic carbocycles. The average molecular weight is 361 g/mol. The fourth-order valence-corrected chi connectivity index (χ4v) is 4.17. The van der Waals surface area contributed by atoms with E-state index in [1.54, 1.807) is 50.6 Å². The first-order valence-electron chi connectivity index (χ1n) is 8.40. The van der Waals surface area contributed by atoms with Crippen molar-refractivity contribution in [2.24, 2.45) is 0 Å². The molecule has 0 atom stereocenters. The van der Waals surface area contributed by atoms with Crippen LogP contribution >= 0.6 is 0 Å². The van der Waals surface area contributed by atoms with E-state index < -0.39 is 10.0 Å². The van der Waals surface area contributed by atoms with Gasteiger partial charge in [-0.05, 0) is 74.2 Å². The number of ether oxygens (including phenoxy) is 2. The zero-order chi connectivity index (χ0) is 17.9. The van der Waals surface area contributed by atoms with Crippen molar-refractivity contribution >= 4 is 15.7 Å². The highest BCUT2D eigenvalue weighted by molar-refractivity contribution is 7.92. The molecular weight excluding hydrogens is 338 g/mol. The van der Waals surface area contributed by atoms with Crippen molar-refractivity contribution in [3.05, 3.63) is 48.5 Å². The van der Waals surface area contributed by atoms with Crippen molar-refractivity contribution in [1.29, 1.82) is 0 Å². The van der Waals surface area contributed by atoms with Crippen LogP contribution in [-0.4, -0.2) is 28.7 Å². The van der Waals surface area contributed by atoms with Gasteiger partial charge in [-0.25, -0.2) is 8.42 Å². The van der Waals surface area contributed by atoms with Gasteiger partial charge in [0.25, 0.3) is 10.0 Å². The van der Waals surface area contributed by atoms with Gasteiger partial charge in [0.1, 0.15) is 11.5 Å². The van der Waals surface area contributed by atoms with Gasteiger partial charge in [-0.15, -0.1) is 0 Å². The molecule has 3 rings (SSSR count). The predicted molar refractivity (Wildman–Crippen MR) is 97.9 cm³/mol. The van der Waals surface area contributed by atoms with Crippen LogP contribution in [0.1, 0.15) is 25.7 Å². The smallest absolute Gasteiger partial charge is 0.264 e. The molecule has 6 heteroatoms. The monoisotopic (exact) mass is 361 g/mol. The van der Waals surface area contributed by atoms with Crippen LogP contribution in [0.3, 0.4) is 0 Å². The lowest BCUT2D eigenvalue weighted by Crippen LogP contribution is -2.26. The second kappa shape index (κ2) is 7.35. The molecule has 0 N–H and O–H groups in total. The van der Waals surface area contributed by atoms with Crippen molar-refractivity contribution in [2.75, 3.05) is 18.5 Å². The Balaban J connectivity index is 1.75. The number of rotatable bonds is 6. The second-order valence-corrected chi connectivity index (χ2v) is 8.14. The third-order valence-corrected chi connectivity index (χ3v) is 6.32. The Morgan fingerprint density at radius 3 is 2.04 bits per heavy atom. The van der Waals surface area contributed by atoms with E-state index >= 15 is 0 Å². The molecule has 1 aliphatic rings. The number of hydrogen-bond donors (Lipinski definition) is 0. The van der Waals surface area contributed by atoms with Crippen LogP contribution in [0.25, 0.3) is 0 Å². The lowest BCUT2D eigenvalue weighted by molar-refractivity contribution is 0.210. The van der Waals surface area contributed by atoms with Crippen molar-refractivity contribution in [2.45, 2.75) is 36.7 Å². The molecule has 25 heavy (non-hydrogen) atoms. The third kappa shape index (κ3) is 3.90. The van der Waals surface area contributed by atoms with E-state index in [0.717, 1.165) is 18.6 Å². The van der Waals surface area contributed by atoms with Crippen molar-refractivity contribution in [3.63, 3.8) is 0 Å². The highest BCUT2D eigenvalue weighted by Crippen LogP contribution is 2.28. The lowest BCUT2D eigenvalue weighted by atomic mass is 10.3. The minimum absolute atomic E-state index is 0.224. The molecule has 0 saturated heterocycles. The van der Waals surface area contributed by atoms with Crippen LogP contribution in [0.15, 0.2) is 53.4 Å². The van der Waals surface area contributed by atoms with E-state index in [1.807, 2.05) is 12.1 Å². The van der Waals surface area contributed by atoms with Gasteiger partial charge in [-0.1, -0.05) is 0 Å². The van der Waals surface area contributed by atoms with E-state index in [-0.39, 0.29) is 11.0 Å². The van der Waals surface area contributed by atoms with Crippen LogP contribution in [0.5, 0.6) is 11.5 Å². The molecule has 1 fully saturated rings. The summed E-state index contributed by atoms with van der Waals surface area (Å²) >= 11 is 0. The molecule has 2 aromatic rings. The Morgan fingerprint density at radius 1 is 0.920 bits per heavy atom. The zero-order valence-electron chi connectivity index (χ0n) is 14.5. The summed E-state index contributed by atoms with van der Waals surface area (Å²) in [6.45, 7) is 0. The third-order valence-electron chi connectivity index (χ3n) is 4.52. The maximum Gasteiger partial charge on any atom is 0.264 e. The van der Waals surface area contributed by atoms with E-state index in [2.05, 4.69) is 0 Å². The minimum Gasteiger partial charge on any atom is -0.497 e. The summed E-state index contributed by atoms with van der Waals surface area (Å²) in [6.07, 6.45) is 4.89. The summed E-state index contributed by atoms with van der Waals surface area (Å²) in [5.41, 5.74) is 0.592. The Morgan fingerprint density at radius 2 is 1.48 bits per heavy atom. The van der Waals surface area contributed by atoms with Gasteiger partial charge in [0.2, 0.25) is 0 Å². The van der Waals surface area contributed by atoms with Gasteiger partial charge in [-0.2, -0.15) is 0 Å². The lowest BCUT2D eigenvalue weighted by Gasteiger charge is -2.20.